The largest absolute Gasteiger partial charge is 0.468 e. The lowest BCUT2D eigenvalue weighted by atomic mass is 9.93. The highest BCUT2D eigenvalue weighted by Gasteiger charge is 2.51. The highest BCUT2D eigenvalue weighted by molar-refractivity contribution is 5.82. The van der Waals surface area contributed by atoms with Crippen molar-refractivity contribution in [2.75, 3.05) is 34.0 Å². The second kappa shape index (κ2) is 8.11. The van der Waals surface area contributed by atoms with Crippen LogP contribution in [-0.2, 0) is 19.0 Å². The van der Waals surface area contributed by atoms with E-state index in [0.717, 1.165) is 32.2 Å². The molecule has 1 aliphatic carbocycles. The maximum absolute atomic E-state index is 12.3. The van der Waals surface area contributed by atoms with Crippen molar-refractivity contribution in [3.63, 3.8) is 0 Å². The SMILES string of the molecule is CCCNC(COCCC(C)(C)OC)(C(=O)OC)C1CC1. The Bertz CT molecular complexity index is 328. The lowest BCUT2D eigenvalue weighted by Gasteiger charge is -2.32. The Morgan fingerprint density at radius 1 is 1.29 bits per heavy atom. The normalized spacial score (nSPS) is 18.3. The average Bonchev–Trinajstić information content (AvgIpc) is 3.31. The standard InChI is InChI=1S/C16H31NO4/c1-6-10-17-16(13-7-8-13,14(18)19-4)12-21-11-9-15(2,3)20-5/h13,17H,6-12H2,1-5H3. The van der Waals surface area contributed by atoms with Crippen molar-refractivity contribution in [1.82, 2.24) is 5.32 Å². The summed E-state index contributed by atoms with van der Waals surface area (Å²) in [4.78, 5) is 12.3. The van der Waals surface area contributed by atoms with Crippen LogP contribution in [0.1, 0.15) is 46.5 Å². The number of methoxy groups -OCH3 is 2. The van der Waals surface area contributed by atoms with Gasteiger partial charge in [-0.3, -0.25) is 5.32 Å². The smallest absolute Gasteiger partial charge is 0.328 e. The van der Waals surface area contributed by atoms with Gasteiger partial charge in [0.15, 0.2) is 0 Å². The summed E-state index contributed by atoms with van der Waals surface area (Å²) in [6.07, 6.45) is 3.87. The summed E-state index contributed by atoms with van der Waals surface area (Å²) < 4.78 is 16.2. The quantitative estimate of drug-likeness (QED) is 0.468. The first-order valence-corrected chi connectivity index (χ1v) is 7.88. The van der Waals surface area contributed by atoms with E-state index in [2.05, 4.69) is 12.2 Å². The first-order valence-electron chi connectivity index (χ1n) is 7.88. The summed E-state index contributed by atoms with van der Waals surface area (Å²) in [5, 5.41) is 3.38. The van der Waals surface area contributed by atoms with Gasteiger partial charge in [-0.15, -0.1) is 0 Å². The molecule has 1 saturated carbocycles. The third-order valence-electron chi connectivity index (χ3n) is 4.25. The number of nitrogens with one attached hydrogen (secondary N) is 1. The van der Waals surface area contributed by atoms with E-state index in [1.807, 2.05) is 13.8 Å². The summed E-state index contributed by atoms with van der Waals surface area (Å²) in [6.45, 7) is 7.87. The fourth-order valence-corrected chi connectivity index (χ4v) is 2.37. The molecule has 5 nitrogen and oxygen atoms in total. The van der Waals surface area contributed by atoms with Crippen molar-refractivity contribution >= 4 is 5.97 Å². The van der Waals surface area contributed by atoms with Gasteiger partial charge in [-0.1, -0.05) is 6.92 Å². The fourth-order valence-electron chi connectivity index (χ4n) is 2.37. The zero-order valence-corrected chi connectivity index (χ0v) is 14.2. The third-order valence-corrected chi connectivity index (χ3v) is 4.25. The van der Waals surface area contributed by atoms with Gasteiger partial charge in [-0.2, -0.15) is 0 Å². The Kier molecular flexibility index (Phi) is 7.10. The molecule has 0 aliphatic heterocycles. The van der Waals surface area contributed by atoms with Crippen LogP contribution in [0.4, 0.5) is 0 Å². The van der Waals surface area contributed by atoms with Crippen molar-refractivity contribution in [2.24, 2.45) is 5.92 Å². The van der Waals surface area contributed by atoms with Crippen LogP contribution in [0.2, 0.25) is 0 Å². The van der Waals surface area contributed by atoms with Crippen LogP contribution in [0.15, 0.2) is 0 Å². The van der Waals surface area contributed by atoms with Crippen molar-refractivity contribution in [2.45, 2.75) is 57.6 Å². The molecule has 0 saturated heterocycles. The zero-order valence-electron chi connectivity index (χ0n) is 14.2. The molecule has 1 fully saturated rings. The predicted molar refractivity (Wildman–Crippen MR) is 82.3 cm³/mol. The molecule has 21 heavy (non-hydrogen) atoms. The van der Waals surface area contributed by atoms with Crippen LogP contribution >= 0.6 is 0 Å². The molecule has 0 spiro atoms. The molecule has 5 heteroatoms. The van der Waals surface area contributed by atoms with E-state index in [1.165, 1.54) is 7.11 Å². The van der Waals surface area contributed by atoms with Gasteiger partial charge in [-0.05, 0) is 52.0 Å². The molecule has 0 aromatic carbocycles. The maximum Gasteiger partial charge on any atom is 0.328 e. The first kappa shape index (κ1) is 18.4. The highest BCUT2D eigenvalue weighted by Crippen LogP contribution is 2.40. The lowest BCUT2D eigenvalue weighted by Crippen LogP contribution is -2.58. The lowest BCUT2D eigenvalue weighted by molar-refractivity contribution is -0.153. The van der Waals surface area contributed by atoms with Gasteiger partial charge in [0.25, 0.3) is 0 Å². The van der Waals surface area contributed by atoms with Crippen molar-refractivity contribution in [1.29, 1.82) is 0 Å². The van der Waals surface area contributed by atoms with Crippen molar-refractivity contribution in [3.8, 4) is 0 Å². The van der Waals surface area contributed by atoms with Gasteiger partial charge < -0.3 is 14.2 Å². The molecular formula is C16H31NO4. The second-order valence-electron chi connectivity index (χ2n) is 6.43. The first-order chi connectivity index (χ1) is 9.91. The molecule has 1 atom stereocenters. The maximum atomic E-state index is 12.3. The number of esters is 1. The van der Waals surface area contributed by atoms with E-state index < -0.39 is 5.54 Å². The Balaban J connectivity index is 2.58. The molecule has 1 aliphatic rings. The fraction of sp³-hybridized carbons (Fsp3) is 0.938. The molecule has 0 aromatic heterocycles. The van der Waals surface area contributed by atoms with Gasteiger partial charge in [0.2, 0.25) is 0 Å². The zero-order chi connectivity index (χ0) is 15.9. The van der Waals surface area contributed by atoms with E-state index in [-0.39, 0.29) is 11.6 Å². The van der Waals surface area contributed by atoms with Crippen LogP contribution < -0.4 is 5.32 Å². The summed E-state index contributed by atoms with van der Waals surface area (Å²) in [5.41, 5.74) is -0.883. The van der Waals surface area contributed by atoms with Crippen LogP contribution in [0.5, 0.6) is 0 Å². The van der Waals surface area contributed by atoms with Crippen molar-refractivity contribution < 1.29 is 19.0 Å². The van der Waals surface area contributed by atoms with Gasteiger partial charge in [0.05, 0.1) is 19.3 Å². The number of hydrogen-bond acceptors (Lipinski definition) is 5. The summed E-state index contributed by atoms with van der Waals surface area (Å²) in [6, 6.07) is 0. The van der Waals surface area contributed by atoms with E-state index in [4.69, 9.17) is 14.2 Å². The Morgan fingerprint density at radius 3 is 2.43 bits per heavy atom. The van der Waals surface area contributed by atoms with Crippen LogP contribution in [0, 0.1) is 5.92 Å². The minimum atomic E-state index is -0.679. The van der Waals surface area contributed by atoms with Crippen LogP contribution in [0.25, 0.3) is 0 Å². The van der Waals surface area contributed by atoms with Gasteiger partial charge >= 0.3 is 5.97 Å². The predicted octanol–water partition coefficient (Wildman–Crippen LogP) is 2.14. The van der Waals surface area contributed by atoms with Gasteiger partial charge in [0, 0.05) is 13.7 Å². The molecule has 1 rings (SSSR count). The van der Waals surface area contributed by atoms with E-state index in [9.17, 15) is 4.79 Å². The minimum Gasteiger partial charge on any atom is -0.468 e. The topological polar surface area (TPSA) is 56.8 Å². The average molecular weight is 301 g/mol. The monoisotopic (exact) mass is 301 g/mol. The Morgan fingerprint density at radius 2 is 1.95 bits per heavy atom. The van der Waals surface area contributed by atoms with Gasteiger partial charge in [-0.25, -0.2) is 4.79 Å². The molecule has 0 bridgehead atoms. The Hall–Kier alpha value is -0.650. The van der Waals surface area contributed by atoms with Crippen molar-refractivity contribution in [3.05, 3.63) is 0 Å². The second-order valence-corrected chi connectivity index (χ2v) is 6.43. The van der Waals surface area contributed by atoms with Gasteiger partial charge in [0.1, 0.15) is 5.54 Å². The molecule has 0 amide bonds. The molecule has 0 aromatic rings. The summed E-state index contributed by atoms with van der Waals surface area (Å²) in [7, 11) is 3.15. The molecular weight excluding hydrogens is 270 g/mol. The van der Waals surface area contributed by atoms with Crippen LogP contribution in [-0.4, -0.2) is 51.1 Å². The number of rotatable bonds is 11. The number of carbonyl (C=O) groups is 1. The number of ether oxygens (including phenoxy) is 3. The molecule has 1 unspecified atom stereocenters. The molecule has 0 radical (unpaired) electrons. The van der Waals surface area contributed by atoms with E-state index in [0.29, 0.717) is 19.1 Å². The summed E-state index contributed by atoms with van der Waals surface area (Å²) in [5.74, 6) is 0.122. The Labute approximate surface area is 128 Å². The summed E-state index contributed by atoms with van der Waals surface area (Å²) >= 11 is 0. The third kappa shape index (κ3) is 5.24. The molecule has 0 heterocycles. The van der Waals surface area contributed by atoms with E-state index >= 15 is 0 Å². The number of hydrogen-bond donors (Lipinski definition) is 1. The highest BCUT2D eigenvalue weighted by atomic mass is 16.5. The van der Waals surface area contributed by atoms with E-state index in [1.54, 1.807) is 7.11 Å². The minimum absolute atomic E-state index is 0.204. The molecule has 124 valence electrons. The van der Waals surface area contributed by atoms with Crippen LogP contribution in [0.3, 0.4) is 0 Å². The molecule has 1 N–H and O–H groups in total. The number of carbonyl (C=O) groups excluding carboxylic acids is 1.